The van der Waals surface area contributed by atoms with Gasteiger partial charge in [-0.1, -0.05) is 72.9 Å². The SMILES string of the molecule is C=C/C=C\C1=CCC(NC2CCc3c(sc4ncn(Cc5ccc6ccccc6c5)c(=O)c34)C2)C1. The minimum atomic E-state index is 0.0886. The van der Waals surface area contributed by atoms with Crippen LogP contribution in [0.2, 0.25) is 0 Å². The Kier molecular flexibility index (Phi) is 5.96. The van der Waals surface area contributed by atoms with E-state index >= 15 is 0 Å². The Bertz CT molecular complexity index is 1540. The predicted molar refractivity (Wildman–Crippen MR) is 146 cm³/mol. The van der Waals surface area contributed by atoms with Gasteiger partial charge in [-0.05, 0) is 60.1 Å². The van der Waals surface area contributed by atoms with Crippen LogP contribution < -0.4 is 10.9 Å². The molecule has 2 aromatic heterocycles. The van der Waals surface area contributed by atoms with Crippen LogP contribution in [0, 0.1) is 0 Å². The molecule has 0 amide bonds. The first-order chi connectivity index (χ1) is 17.2. The number of thiophene rings is 1. The molecular formula is C30H29N3OS. The predicted octanol–water partition coefficient (Wildman–Crippen LogP) is 5.94. The van der Waals surface area contributed by atoms with E-state index in [4.69, 9.17) is 4.98 Å². The first-order valence-electron chi connectivity index (χ1n) is 12.4. The molecule has 2 atom stereocenters. The van der Waals surface area contributed by atoms with Crippen LogP contribution in [0.4, 0.5) is 0 Å². The molecule has 0 saturated carbocycles. The Labute approximate surface area is 209 Å². The number of benzene rings is 2. The topological polar surface area (TPSA) is 46.9 Å². The zero-order chi connectivity index (χ0) is 23.8. The standard InChI is InChI=1S/C30H29N3OS/c1-2-3-6-20-10-12-24(16-20)32-25-13-14-26-27(17-25)35-29-28(26)30(34)33(19-31-29)18-21-9-11-22-7-4-5-8-23(22)15-21/h2-11,15,19,24-25,32H,1,12-14,16-18H2/b6-3-. The first kappa shape index (κ1) is 22.2. The second-order valence-electron chi connectivity index (χ2n) is 9.66. The highest BCUT2D eigenvalue weighted by atomic mass is 32.1. The van der Waals surface area contributed by atoms with Gasteiger partial charge in [0.1, 0.15) is 4.83 Å². The van der Waals surface area contributed by atoms with E-state index in [0.29, 0.717) is 18.6 Å². The summed E-state index contributed by atoms with van der Waals surface area (Å²) in [6.07, 6.45) is 15.2. The van der Waals surface area contributed by atoms with Crippen molar-refractivity contribution in [3.05, 3.63) is 112 Å². The molecule has 4 nitrogen and oxygen atoms in total. The lowest BCUT2D eigenvalue weighted by Gasteiger charge is -2.26. The summed E-state index contributed by atoms with van der Waals surface area (Å²) in [5, 5.41) is 7.12. The van der Waals surface area contributed by atoms with Crippen LogP contribution >= 0.6 is 11.3 Å². The summed E-state index contributed by atoms with van der Waals surface area (Å²) in [6, 6.07) is 15.7. The Hall–Kier alpha value is -3.28. The van der Waals surface area contributed by atoms with Crippen molar-refractivity contribution in [2.75, 3.05) is 0 Å². The largest absolute Gasteiger partial charge is 0.310 e. The van der Waals surface area contributed by atoms with Gasteiger partial charge in [-0.25, -0.2) is 4.98 Å². The van der Waals surface area contributed by atoms with E-state index < -0.39 is 0 Å². The Morgan fingerprint density at radius 3 is 2.91 bits per heavy atom. The van der Waals surface area contributed by atoms with Crippen LogP contribution in [0.5, 0.6) is 0 Å². The van der Waals surface area contributed by atoms with Gasteiger partial charge in [0.25, 0.3) is 5.56 Å². The van der Waals surface area contributed by atoms with Gasteiger partial charge in [-0.3, -0.25) is 9.36 Å². The van der Waals surface area contributed by atoms with E-state index in [-0.39, 0.29) is 5.56 Å². The van der Waals surface area contributed by atoms with Crippen molar-refractivity contribution >= 4 is 32.3 Å². The van der Waals surface area contributed by atoms with Gasteiger partial charge in [0.15, 0.2) is 0 Å². The number of nitrogens with zero attached hydrogens (tertiary/aromatic N) is 2. The molecule has 0 fully saturated rings. The van der Waals surface area contributed by atoms with Gasteiger partial charge in [-0.15, -0.1) is 11.3 Å². The second-order valence-corrected chi connectivity index (χ2v) is 10.7. The molecule has 5 heteroatoms. The third-order valence-corrected chi connectivity index (χ3v) is 8.43. The van der Waals surface area contributed by atoms with Crippen molar-refractivity contribution in [2.24, 2.45) is 0 Å². The highest BCUT2D eigenvalue weighted by Gasteiger charge is 2.27. The number of nitrogens with one attached hydrogen (secondary N) is 1. The van der Waals surface area contributed by atoms with Crippen molar-refractivity contribution in [2.45, 2.75) is 50.7 Å². The summed E-state index contributed by atoms with van der Waals surface area (Å²) in [4.78, 5) is 20.4. The molecule has 0 radical (unpaired) electrons. The molecule has 2 aromatic carbocycles. The zero-order valence-corrected chi connectivity index (χ0v) is 20.6. The van der Waals surface area contributed by atoms with E-state index in [2.05, 4.69) is 54.4 Å². The molecule has 0 saturated heterocycles. The van der Waals surface area contributed by atoms with E-state index in [1.54, 1.807) is 22.2 Å². The lowest BCUT2D eigenvalue weighted by molar-refractivity contribution is 0.403. The normalized spacial score (nSPS) is 19.9. The van der Waals surface area contributed by atoms with Crippen molar-refractivity contribution < 1.29 is 0 Å². The highest BCUT2D eigenvalue weighted by molar-refractivity contribution is 7.18. The first-order valence-corrected chi connectivity index (χ1v) is 13.2. The van der Waals surface area contributed by atoms with E-state index in [0.717, 1.165) is 47.9 Å². The molecule has 0 aliphatic heterocycles. The zero-order valence-electron chi connectivity index (χ0n) is 19.7. The van der Waals surface area contributed by atoms with E-state index in [9.17, 15) is 4.79 Å². The fourth-order valence-corrected chi connectivity index (χ4v) is 6.78. The number of rotatable bonds is 6. The Morgan fingerprint density at radius 2 is 2.03 bits per heavy atom. The van der Waals surface area contributed by atoms with Crippen LogP contribution in [-0.4, -0.2) is 21.6 Å². The summed E-state index contributed by atoms with van der Waals surface area (Å²) in [7, 11) is 0. The molecule has 2 unspecified atom stereocenters. The van der Waals surface area contributed by atoms with Crippen molar-refractivity contribution in [1.82, 2.24) is 14.9 Å². The third kappa shape index (κ3) is 4.42. The number of fused-ring (bicyclic) bond motifs is 4. The van der Waals surface area contributed by atoms with Crippen LogP contribution in [0.25, 0.3) is 21.0 Å². The molecule has 2 aliphatic rings. The summed E-state index contributed by atoms with van der Waals surface area (Å²) in [5.41, 5.74) is 3.82. The van der Waals surface area contributed by atoms with E-state index in [1.807, 2.05) is 24.3 Å². The summed E-state index contributed by atoms with van der Waals surface area (Å²) >= 11 is 1.70. The van der Waals surface area contributed by atoms with Crippen LogP contribution in [0.15, 0.2) is 90.0 Å². The van der Waals surface area contributed by atoms with Gasteiger partial charge < -0.3 is 5.32 Å². The fourth-order valence-electron chi connectivity index (χ4n) is 5.52. The lowest BCUT2D eigenvalue weighted by Crippen LogP contribution is -2.40. The minimum absolute atomic E-state index is 0.0886. The Morgan fingerprint density at radius 1 is 1.14 bits per heavy atom. The number of hydrogen-bond acceptors (Lipinski definition) is 4. The van der Waals surface area contributed by atoms with E-state index in [1.165, 1.54) is 26.8 Å². The maximum absolute atomic E-state index is 13.5. The summed E-state index contributed by atoms with van der Waals surface area (Å²) < 4.78 is 1.77. The molecule has 176 valence electrons. The smallest absolute Gasteiger partial charge is 0.262 e. The number of allylic oxidation sites excluding steroid dienone is 3. The second kappa shape index (κ2) is 9.40. The molecule has 2 aliphatic carbocycles. The summed E-state index contributed by atoms with van der Waals surface area (Å²) in [5.74, 6) is 0. The van der Waals surface area contributed by atoms with Gasteiger partial charge in [-0.2, -0.15) is 0 Å². The number of aromatic nitrogens is 2. The van der Waals surface area contributed by atoms with Crippen LogP contribution in [-0.2, 0) is 19.4 Å². The molecule has 1 N–H and O–H groups in total. The fraction of sp³-hybridized carbons (Fsp3) is 0.267. The molecule has 0 bridgehead atoms. The average molecular weight is 480 g/mol. The Balaban J connectivity index is 1.20. The summed E-state index contributed by atoms with van der Waals surface area (Å²) in [6.45, 7) is 4.30. The molecule has 4 aromatic rings. The number of aryl methyl sites for hydroxylation is 1. The monoisotopic (exact) mass is 479 g/mol. The van der Waals surface area contributed by atoms with Crippen molar-refractivity contribution in [3.63, 3.8) is 0 Å². The van der Waals surface area contributed by atoms with Gasteiger partial charge >= 0.3 is 0 Å². The average Bonchev–Trinajstić information content (AvgIpc) is 3.48. The molecule has 0 spiro atoms. The number of hydrogen-bond donors (Lipinski definition) is 1. The maximum Gasteiger partial charge on any atom is 0.262 e. The molecule has 2 heterocycles. The van der Waals surface area contributed by atoms with Gasteiger partial charge in [0, 0.05) is 17.0 Å². The lowest BCUT2D eigenvalue weighted by atomic mass is 9.92. The molecule has 6 rings (SSSR count). The van der Waals surface area contributed by atoms with Gasteiger partial charge in [0.2, 0.25) is 0 Å². The van der Waals surface area contributed by atoms with Gasteiger partial charge in [0.05, 0.1) is 18.3 Å². The third-order valence-electron chi connectivity index (χ3n) is 7.27. The van der Waals surface area contributed by atoms with Crippen LogP contribution in [0.3, 0.4) is 0 Å². The highest BCUT2D eigenvalue weighted by Crippen LogP contribution is 2.34. The molecule has 35 heavy (non-hydrogen) atoms. The minimum Gasteiger partial charge on any atom is -0.310 e. The maximum atomic E-state index is 13.5. The molecular weight excluding hydrogens is 450 g/mol. The van der Waals surface area contributed by atoms with Crippen molar-refractivity contribution in [3.8, 4) is 0 Å². The van der Waals surface area contributed by atoms with Crippen LogP contribution in [0.1, 0.15) is 35.3 Å². The quantitative estimate of drug-likeness (QED) is 0.348. The van der Waals surface area contributed by atoms with Crippen molar-refractivity contribution in [1.29, 1.82) is 0 Å².